The monoisotopic (exact) mass is 500 g/mol. The number of nitrogens with two attached hydrogens (primary N) is 1. The fourth-order valence-corrected chi connectivity index (χ4v) is 2.51. The third kappa shape index (κ3) is 14.2. The van der Waals surface area contributed by atoms with Crippen LogP contribution >= 0.6 is 23.2 Å². The van der Waals surface area contributed by atoms with Crippen molar-refractivity contribution in [1.29, 1.82) is 0 Å². The van der Waals surface area contributed by atoms with Crippen LogP contribution in [-0.2, 0) is 12.6 Å². The van der Waals surface area contributed by atoms with Gasteiger partial charge < -0.3 is 5.73 Å². The highest BCUT2D eigenvalue weighted by molar-refractivity contribution is 6.30. The van der Waals surface area contributed by atoms with E-state index in [0.717, 1.165) is 18.6 Å². The summed E-state index contributed by atoms with van der Waals surface area (Å²) in [5.74, 6) is -0.227. The Hall–Kier alpha value is -2.59. The zero-order chi connectivity index (χ0) is 25.3. The fourth-order valence-electron chi connectivity index (χ4n) is 2.25. The third-order valence-corrected chi connectivity index (χ3v) is 4.23. The molecule has 0 saturated carbocycles. The van der Waals surface area contributed by atoms with E-state index in [0.29, 0.717) is 29.2 Å². The number of terminal acetylenes is 1. The van der Waals surface area contributed by atoms with E-state index in [9.17, 15) is 17.6 Å². The summed E-state index contributed by atoms with van der Waals surface area (Å²) in [6, 6.07) is 15.9. The molecule has 2 N–H and O–H groups in total. The van der Waals surface area contributed by atoms with Gasteiger partial charge in [0.05, 0.1) is 10.6 Å². The Kier molecular flexibility index (Phi) is 15.6. The number of hydrogen-bond acceptors (Lipinski definition) is 2. The van der Waals surface area contributed by atoms with Crippen LogP contribution in [0.1, 0.15) is 28.8 Å². The quantitative estimate of drug-likeness (QED) is 0.232. The summed E-state index contributed by atoms with van der Waals surface area (Å²) in [5.41, 5.74) is 6.10. The molecule has 0 saturated heterocycles. The van der Waals surface area contributed by atoms with Crippen LogP contribution in [0.4, 0.5) is 17.6 Å². The summed E-state index contributed by atoms with van der Waals surface area (Å²) in [6.07, 6.45) is 5.87. The molecule has 0 spiro atoms. The Balaban J connectivity index is 0.000000599. The van der Waals surface area contributed by atoms with E-state index in [1.807, 2.05) is 18.2 Å². The number of hydrogen-bond donors (Lipinski definition) is 1. The zero-order valence-electron chi connectivity index (χ0n) is 18.1. The molecule has 3 rings (SSSR count). The Labute approximate surface area is 202 Å². The van der Waals surface area contributed by atoms with Crippen LogP contribution in [0.25, 0.3) is 0 Å². The SMILES string of the molecule is C#C.Cc1ccccc1.Fc1cc(Cc2ccc(Cl)cn2)cc(C(F)(F)F)c1.NCCCCl. The summed E-state index contributed by atoms with van der Waals surface area (Å²) in [5, 5.41) is 0.430. The first kappa shape index (κ1) is 30.4. The molecule has 8 heteroatoms. The first-order valence-corrected chi connectivity index (χ1v) is 10.6. The molecule has 1 heterocycles. The van der Waals surface area contributed by atoms with Crippen LogP contribution < -0.4 is 5.73 Å². The molecule has 0 amide bonds. The predicted molar refractivity (Wildman–Crippen MR) is 129 cm³/mol. The highest BCUT2D eigenvalue weighted by atomic mass is 35.5. The minimum atomic E-state index is -4.57. The molecule has 1 aromatic heterocycles. The lowest BCUT2D eigenvalue weighted by Gasteiger charge is -2.09. The molecular formula is C25H26Cl2F4N2. The summed E-state index contributed by atoms with van der Waals surface area (Å²) >= 11 is 10.9. The van der Waals surface area contributed by atoms with E-state index in [-0.39, 0.29) is 12.0 Å². The highest BCUT2D eigenvalue weighted by Gasteiger charge is 2.31. The number of pyridine rings is 1. The molecule has 2 nitrogen and oxygen atoms in total. The number of alkyl halides is 4. The summed E-state index contributed by atoms with van der Waals surface area (Å²) in [7, 11) is 0. The zero-order valence-corrected chi connectivity index (χ0v) is 19.6. The van der Waals surface area contributed by atoms with Crippen molar-refractivity contribution in [1.82, 2.24) is 4.98 Å². The Morgan fingerprint density at radius 1 is 1.00 bits per heavy atom. The van der Waals surface area contributed by atoms with Crippen molar-refractivity contribution in [2.75, 3.05) is 12.4 Å². The van der Waals surface area contributed by atoms with Crippen molar-refractivity contribution in [2.45, 2.75) is 25.9 Å². The van der Waals surface area contributed by atoms with Crippen LogP contribution in [0.5, 0.6) is 0 Å². The van der Waals surface area contributed by atoms with Gasteiger partial charge in [0, 0.05) is 24.2 Å². The molecule has 0 aliphatic rings. The molecule has 178 valence electrons. The minimum Gasteiger partial charge on any atom is -0.330 e. The molecule has 2 aromatic carbocycles. The van der Waals surface area contributed by atoms with Crippen molar-refractivity contribution in [3.63, 3.8) is 0 Å². The van der Waals surface area contributed by atoms with Crippen LogP contribution in [0, 0.1) is 25.6 Å². The van der Waals surface area contributed by atoms with Gasteiger partial charge in [0.15, 0.2) is 0 Å². The van der Waals surface area contributed by atoms with E-state index in [1.54, 1.807) is 12.1 Å². The largest absolute Gasteiger partial charge is 0.416 e. The molecule has 0 aliphatic heterocycles. The van der Waals surface area contributed by atoms with Crippen LogP contribution in [0.15, 0.2) is 66.9 Å². The van der Waals surface area contributed by atoms with E-state index in [4.69, 9.17) is 28.9 Å². The number of nitrogens with zero attached hydrogens (tertiary/aromatic N) is 1. The van der Waals surface area contributed by atoms with E-state index in [2.05, 4.69) is 36.9 Å². The van der Waals surface area contributed by atoms with Crippen LogP contribution in [0.2, 0.25) is 5.02 Å². The number of aryl methyl sites for hydroxylation is 1. The molecule has 3 aromatic rings. The van der Waals surface area contributed by atoms with Gasteiger partial charge in [0.2, 0.25) is 0 Å². The van der Waals surface area contributed by atoms with E-state index >= 15 is 0 Å². The maximum Gasteiger partial charge on any atom is 0.416 e. The van der Waals surface area contributed by atoms with Gasteiger partial charge in [0.1, 0.15) is 5.82 Å². The van der Waals surface area contributed by atoms with Gasteiger partial charge >= 0.3 is 6.18 Å². The first-order chi connectivity index (χ1) is 15.7. The average molecular weight is 501 g/mol. The van der Waals surface area contributed by atoms with Gasteiger partial charge in [-0.05, 0) is 55.8 Å². The highest BCUT2D eigenvalue weighted by Crippen LogP contribution is 2.30. The number of benzene rings is 2. The minimum absolute atomic E-state index is 0.109. The molecule has 0 atom stereocenters. The number of rotatable bonds is 4. The first-order valence-electron chi connectivity index (χ1n) is 9.73. The maximum absolute atomic E-state index is 13.2. The molecule has 0 bridgehead atoms. The van der Waals surface area contributed by atoms with Crippen molar-refractivity contribution in [3.05, 3.63) is 100 Å². The molecule has 0 fully saturated rings. The summed E-state index contributed by atoms with van der Waals surface area (Å²) < 4.78 is 50.8. The van der Waals surface area contributed by atoms with E-state index in [1.165, 1.54) is 11.8 Å². The lowest BCUT2D eigenvalue weighted by Crippen LogP contribution is -2.06. The van der Waals surface area contributed by atoms with Crippen molar-refractivity contribution < 1.29 is 17.6 Å². The van der Waals surface area contributed by atoms with Gasteiger partial charge in [-0.3, -0.25) is 4.98 Å². The Morgan fingerprint density at radius 3 is 2.03 bits per heavy atom. The normalized spacial score (nSPS) is 9.88. The number of halogens is 6. The van der Waals surface area contributed by atoms with Crippen molar-refractivity contribution in [3.8, 4) is 12.8 Å². The van der Waals surface area contributed by atoms with Gasteiger partial charge in [-0.15, -0.1) is 24.4 Å². The molecular weight excluding hydrogens is 475 g/mol. The van der Waals surface area contributed by atoms with E-state index < -0.39 is 17.6 Å². The standard InChI is InChI=1S/C13H8ClF4N.C7H8.C3H8ClN.C2H2/c14-10-1-2-12(19-7-10)5-8-3-9(13(16,17)18)6-11(15)4-8;1-7-5-3-2-4-6-7;4-2-1-3-5;1-2/h1-4,6-7H,5H2;2-6H,1H3;1-3,5H2;1-2H. The summed E-state index contributed by atoms with van der Waals surface area (Å²) in [6.45, 7) is 2.80. The topological polar surface area (TPSA) is 38.9 Å². The second kappa shape index (κ2) is 17.0. The Morgan fingerprint density at radius 2 is 1.64 bits per heavy atom. The molecule has 0 unspecified atom stereocenters. The fraction of sp³-hybridized carbons (Fsp3) is 0.240. The molecule has 0 aliphatic carbocycles. The van der Waals surface area contributed by atoms with Crippen LogP contribution in [0.3, 0.4) is 0 Å². The average Bonchev–Trinajstić information content (AvgIpc) is 2.78. The Bertz CT molecular complexity index is 927. The van der Waals surface area contributed by atoms with Crippen molar-refractivity contribution >= 4 is 23.2 Å². The van der Waals surface area contributed by atoms with Gasteiger partial charge in [-0.1, -0.05) is 47.5 Å². The van der Waals surface area contributed by atoms with Gasteiger partial charge in [0.25, 0.3) is 0 Å². The lowest BCUT2D eigenvalue weighted by atomic mass is 10.1. The predicted octanol–water partition coefficient (Wildman–Crippen LogP) is 7.30. The van der Waals surface area contributed by atoms with Gasteiger partial charge in [-0.2, -0.15) is 13.2 Å². The number of aromatic nitrogens is 1. The molecule has 0 radical (unpaired) electrons. The molecule has 33 heavy (non-hydrogen) atoms. The second-order valence-electron chi connectivity index (χ2n) is 6.48. The van der Waals surface area contributed by atoms with Crippen molar-refractivity contribution in [2.24, 2.45) is 5.73 Å². The summed E-state index contributed by atoms with van der Waals surface area (Å²) in [4.78, 5) is 3.96. The lowest BCUT2D eigenvalue weighted by molar-refractivity contribution is -0.137. The maximum atomic E-state index is 13.2. The third-order valence-electron chi connectivity index (χ3n) is 3.74. The van der Waals surface area contributed by atoms with Crippen LogP contribution in [-0.4, -0.2) is 17.4 Å². The van der Waals surface area contributed by atoms with Gasteiger partial charge in [-0.25, -0.2) is 4.39 Å². The second-order valence-corrected chi connectivity index (χ2v) is 7.29. The smallest absolute Gasteiger partial charge is 0.330 e.